The molecule has 0 spiro atoms. The van der Waals surface area contributed by atoms with E-state index >= 15 is 0 Å². The van der Waals surface area contributed by atoms with Gasteiger partial charge in [-0.1, -0.05) is 0 Å². The van der Waals surface area contributed by atoms with Gasteiger partial charge in [-0.3, -0.25) is 4.40 Å². The predicted octanol–water partition coefficient (Wildman–Crippen LogP) is 4.43. The van der Waals surface area contributed by atoms with Crippen molar-refractivity contribution in [3.8, 4) is 5.69 Å². The SMILES string of the molecule is Cc1nn(-c2ccc(F)cc2)c(C)c1Sc1nnc2c3sccc3ncn12. The monoisotopic (exact) mass is 396 g/mol. The Labute approximate surface area is 161 Å². The zero-order chi connectivity index (χ0) is 18.5. The minimum absolute atomic E-state index is 0.266. The van der Waals surface area contributed by atoms with Crippen LogP contribution in [0.15, 0.2) is 52.1 Å². The summed E-state index contributed by atoms with van der Waals surface area (Å²) >= 11 is 3.11. The summed E-state index contributed by atoms with van der Waals surface area (Å²) in [7, 11) is 0. The summed E-state index contributed by atoms with van der Waals surface area (Å²) in [4.78, 5) is 5.47. The van der Waals surface area contributed by atoms with Crippen molar-refractivity contribution < 1.29 is 4.39 Å². The van der Waals surface area contributed by atoms with Crippen LogP contribution in [-0.4, -0.2) is 29.4 Å². The Morgan fingerprint density at radius 3 is 2.70 bits per heavy atom. The first kappa shape index (κ1) is 16.4. The van der Waals surface area contributed by atoms with Gasteiger partial charge in [0.1, 0.15) is 12.1 Å². The first-order chi connectivity index (χ1) is 13.1. The lowest BCUT2D eigenvalue weighted by Crippen LogP contribution is -1.99. The molecule has 27 heavy (non-hydrogen) atoms. The molecule has 0 saturated carbocycles. The zero-order valence-electron chi connectivity index (χ0n) is 14.4. The number of fused-ring (bicyclic) bond motifs is 3. The third-order valence-corrected chi connectivity index (χ3v) is 6.47. The quantitative estimate of drug-likeness (QED) is 0.451. The second-order valence-corrected chi connectivity index (χ2v) is 7.94. The molecule has 5 aromatic rings. The van der Waals surface area contributed by atoms with Gasteiger partial charge in [0, 0.05) is 0 Å². The summed E-state index contributed by atoms with van der Waals surface area (Å²) < 4.78 is 18.0. The molecule has 0 unspecified atom stereocenters. The third kappa shape index (κ3) is 2.62. The van der Waals surface area contributed by atoms with E-state index < -0.39 is 0 Å². The highest BCUT2D eigenvalue weighted by molar-refractivity contribution is 7.99. The summed E-state index contributed by atoms with van der Waals surface area (Å²) in [6.07, 6.45) is 1.75. The number of rotatable bonds is 3. The highest BCUT2D eigenvalue weighted by Gasteiger charge is 2.18. The molecule has 0 amide bonds. The van der Waals surface area contributed by atoms with Crippen LogP contribution in [0.1, 0.15) is 11.4 Å². The standard InChI is InChI=1S/C18H13FN6S2/c1-10-15(11(2)25(23-10)13-5-3-12(19)4-6-13)27-18-22-21-17-16-14(7-8-26-16)20-9-24(17)18/h3-9H,1-2H3. The minimum atomic E-state index is -0.266. The van der Waals surface area contributed by atoms with Crippen molar-refractivity contribution in [3.63, 3.8) is 0 Å². The highest BCUT2D eigenvalue weighted by atomic mass is 32.2. The van der Waals surface area contributed by atoms with Gasteiger partial charge in [0.15, 0.2) is 5.65 Å². The summed E-state index contributed by atoms with van der Waals surface area (Å²) in [5.41, 5.74) is 4.39. The van der Waals surface area contributed by atoms with E-state index in [4.69, 9.17) is 0 Å². The first-order valence-corrected chi connectivity index (χ1v) is 9.88. The molecule has 0 aliphatic heterocycles. The van der Waals surface area contributed by atoms with Gasteiger partial charge in [-0.2, -0.15) is 5.10 Å². The number of nitrogens with zero attached hydrogens (tertiary/aromatic N) is 6. The molecular formula is C18H13FN6S2. The maximum atomic E-state index is 13.2. The Morgan fingerprint density at radius 1 is 1.07 bits per heavy atom. The Balaban J connectivity index is 1.58. The van der Waals surface area contributed by atoms with E-state index in [0.29, 0.717) is 0 Å². The number of aromatic nitrogens is 6. The Morgan fingerprint density at radius 2 is 1.89 bits per heavy atom. The van der Waals surface area contributed by atoms with Crippen molar-refractivity contribution in [2.24, 2.45) is 0 Å². The highest BCUT2D eigenvalue weighted by Crippen LogP contribution is 2.34. The van der Waals surface area contributed by atoms with E-state index in [1.165, 1.54) is 23.9 Å². The fraction of sp³-hybridized carbons (Fsp3) is 0.111. The second-order valence-electron chi connectivity index (χ2n) is 6.05. The largest absolute Gasteiger partial charge is 0.259 e. The van der Waals surface area contributed by atoms with Gasteiger partial charge in [-0.05, 0) is 61.3 Å². The van der Waals surface area contributed by atoms with Gasteiger partial charge in [0.2, 0.25) is 5.16 Å². The van der Waals surface area contributed by atoms with Gasteiger partial charge in [0.05, 0.1) is 32.2 Å². The molecule has 0 fully saturated rings. The molecule has 134 valence electrons. The van der Waals surface area contributed by atoms with E-state index in [2.05, 4.69) is 20.3 Å². The number of aryl methyl sites for hydroxylation is 1. The van der Waals surface area contributed by atoms with E-state index in [1.54, 1.807) is 29.8 Å². The van der Waals surface area contributed by atoms with Crippen molar-refractivity contribution in [2.75, 3.05) is 0 Å². The van der Waals surface area contributed by atoms with Gasteiger partial charge < -0.3 is 0 Å². The minimum Gasteiger partial charge on any atom is -0.259 e. The van der Waals surface area contributed by atoms with Crippen molar-refractivity contribution in [1.82, 2.24) is 29.4 Å². The smallest absolute Gasteiger partial charge is 0.201 e. The first-order valence-electron chi connectivity index (χ1n) is 8.19. The van der Waals surface area contributed by atoms with E-state index in [9.17, 15) is 4.39 Å². The average molecular weight is 396 g/mol. The van der Waals surface area contributed by atoms with Crippen LogP contribution in [0.2, 0.25) is 0 Å². The van der Waals surface area contributed by atoms with Crippen molar-refractivity contribution in [1.29, 1.82) is 0 Å². The van der Waals surface area contributed by atoms with Crippen LogP contribution in [0.5, 0.6) is 0 Å². The van der Waals surface area contributed by atoms with Crippen molar-refractivity contribution in [2.45, 2.75) is 23.9 Å². The third-order valence-electron chi connectivity index (χ3n) is 4.31. The number of benzene rings is 1. The van der Waals surface area contributed by atoms with E-state index in [1.807, 2.05) is 34.4 Å². The zero-order valence-corrected chi connectivity index (χ0v) is 16.1. The van der Waals surface area contributed by atoms with Crippen LogP contribution >= 0.6 is 23.1 Å². The van der Waals surface area contributed by atoms with Crippen LogP contribution in [0.3, 0.4) is 0 Å². The Hall–Kier alpha value is -2.78. The molecule has 0 aliphatic carbocycles. The molecule has 4 heterocycles. The molecule has 0 radical (unpaired) electrons. The van der Waals surface area contributed by atoms with Crippen LogP contribution in [0, 0.1) is 19.7 Å². The maximum Gasteiger partial charge on any atom is 0.201 e. The van der Waals surface area contributed by atoms with Crippen LogP contribution in [0.25, 0.3) is 21.6 Å². The molecule has 0 N–H and O–H groups in total. The van der Waals surface area contributed by atoms with Crippen LogP contribution in [-0.2, 0) is 0 Å². The van der Waals surface area contributed by atoms with Gasteiger partial charge in [0.25, 0.3) is 0 Å². The molecule has 9 heteroatoms. The summed E-state index contributed by atoms with van der Waals surface area (Å²) in [5.74, 6) is -0.266. The lowest BCUT2D eigenvalue weighted by Gasteiger charge is -2.05. The Bertz CT molecular complexity index is 1280. The van der Waals surface area contributed by atoms with Gasteiger partial charge in [-0.15, -0.1) is 21.5 Å². The van der Waals surface area contributed by atoms with Crippen molar-refractivity contribution >= 4 is 39.0 Å². The maximum absolute atomic E-state index is 13.2. The lowest BCUT2D eigenvalue weighted by atomic mass is 10.3. The fourth-order valence-electron chi connectivity index (χ4n) is 3.00. The van der Waals surface area contributed by atoms with Gasteiger partial charge >= 0.3 is 0 Å². The summed E-state index contributed by atoms with van der Waals surface area (Å²) in [6, 6.07) is 8.27. The van der Waals surface area contributed by atoms with Crippen molar-refractivity contribution in [3.05, 3.63) is 59.2 Å². The fourth-order valence-corrected chi connectivity index (χ4v) is 4.74. The summed E-state index contributed by atoms with van der Waals surface area (Å²) in [5, 5.41) is 16.0. The van der Waals surface area contributed by atoms with Crippen LogP contribution < -0.4 is 0 Å². The van der Waals surface area contributed by atoms with Crippen LogP contribution in [0.4, 0.5) is 4.39 Å². The molecule has 0 saturated heterocycles. The van der Waals surface area contributed by atoms with Gasteiger partial charge in [-0.25, -0.2) is 14.1 Å². The summed E-state index contributed by atoms with van der Waals surface area (Å²) in [6.45, 7) is 3.94. The molecular weight excluding hydrogens is 383 g/mol. The molecule has 1 aromatic carbocycles. The Kier molecular flexibility index (Phi) is 3.73. The molecule has 5 rings (SSSR count). The number of halogens is 1. The molecule has 4 aromatic heterocycles. The number of hydrogen-bond donors (Lipinski definition) is 0. The lowest BCUT2D eigenvalue weighted by molar-refractivity contribution is 0.627. The van der Waals surface area contributed by atoms with E-state index in [0.717, 1.165) is 43.0 Å². The number of hydrogen-bond acceptors (Lipinski definition) is 6. The second kappa shape index (κ2) is 6.14. The molecule has 0 aliphatic rings. The predicted molar refractivity (Wildman–Crippen MR) is 103 cm³/mol. The average Bonchev–Trinajstić information content (AvgIpc) is 3.36. The molecule has 0 bridgehead atoms. The molecule has 6 nitrogen and oxygen atoms in total. The molecule has 0 atom stereocenters. The van der Waals surface area contributed by atoms with E-state index in [-0.39, 0.29) is 5.82 Å². The topological polar surface area (TPSA) is 60.9 Å². The normalized spacial score (nSPS) is 11.7. The number of thiophene rings is 1.